The van der Waals surface area contributed by atoms with Gasteiger partial charge in [0.2, 0.25) is 0 Å². The van der Waals surface area contributed by atoms with Gasteiger partial charge in [0.05, 0.1) is 38.0 Å². The summed E-state index contributed by atoms with van der Waals surface area (Å²) in [5.74, 6) is 0.425. The van der Waals surface area contributed by atoms with Crippen LogP contribution in [0.3, 0.4) is 0 Å². The van der Waals surface area contributed by atoms with Gasteiger partial charge in [-0.3, -0.25) is 4.90 Å². The number of carbonyl (C=O) groups is 1. The van der Waals surface area contributed by atoms with Crippen LogP contribution in [0.1, 0.15) is 29.5 Å². The van der Waals surface area contributed by atoms with Crippen molar-refractivity contribution in [2.24, 2.45) is 0 Å². The maximum Gasteiger partial charge on any atom is 0.410 e. The summed E-state index contributed by atoms with van der Waals surface area (Å²) in [7, 11) is 1.50. The van der Waals surface area contributed by atoms with Gasteiger partial charge in [-0.2, -0.15) is 5.26 Å². The number of morpholine rings is 1. The van der Waals surface area contributed by atoms with Crippen LogP contribution in [0.2, 0.25) is 0 Å². The molecule has 2 aliphatic heterocycles. The minimum Gasteiger partial charge on any atom is -0.495 e. The molecule has 1 amide bonds. The Balaban J connectivity index is 1.55. The van der Waals surface area contributed by atoms with Gasteiger partial charge in [0, 0.05) is 18.4 Å². The Kier molecular flexibility index (Phi) is 5.62. The molecule has 7 heteroatoms. The predicted octanol–water partition coefficient (Wildman–Crippen LogP) is 2.95. The topological polar surface area (TPSA) is 92.0 Å². The van der Waals surface area contributed by atoms with E-state index in [4.69, 9.17) is 14.2 Å². The van der Waals surface area contributed by atoms with Gasteiger partial charge in [-0.05, 0) is 11.6 Å². The second-order valence-electron chi connectivity index (χ2n) is 7.73. The molecule has 2 aromatic carbocycles. The molecule has 7 nitrogen and oxygen atoms in total. The molecule has 2 unspecified atom stereocenters. The van der Waals surface area contributed by atoms with Crippen LogP contribution in [0, 0.1) is 11.3 Å². The summed E-state index contributed by atoms with van der Waals surface area (Å²) in [5.41, 5.74) is 0.505. The molecule has 30 heavy (non-hydrogen) atoms. The number of nitrogens with zero attached hydrogens (tertiary/aromatic N) is 2. The highest BCUT2D eigenvalue weighted by atomic mass is 16.6. The van der Waals surface area contributed by atoms with Crippen molar-refractivity contribution in [1.29, 1.82) is 5.26 Å². The van der Waals surface area contributed by atoms with E-state index in [2.05, 4.69) is 6.07 Å². The van der Waals surface area contributed by atoms with Gasteiger partial charge in [-0.15, -0.1) is 0 Å². The first kappa shape index (κ1) is 20.2. The first-order valence-corrected chi connectivity index (χ1v) is 9.92. The quantitative estimate of drug-likeness (QED) is 0.836. The lowest BCUT2D eigenvalue weighted by Gasteiger charge is -2.51. The molecule has 0 aromatic heterocycles. The first-order chi connectivity index (χ1) is 14.6. The fraction of sp³-hybridized carbons (Fsp3) is 0.391. The number of aliphatic hydroxyl groups is 1. The number of fused-ring (bicyclic) bond motifs is 2. The van der Waals surface area contributed by atoms with Crippen LogP contribution < -0.4 is 4.74 Å². The summed E-state index contributed by atoms with van der Waals surface area (Å²) < 4.78 is 16.5. The average molecular weight is 408 g/mol. The summed E-state index contributed by atoms with van der Waals surface area (Å²) in [6.07, 6.45) is 0.0998. The maximum absolute atomic E-state index is 12.9. The van der Waals surface area contributed by atoms with Crippen LogP contribution in [0.5, 0.6) is 5.75 Å². The molecule has 1 N–H and O–H groups in total. The van der Waals surface area contributed by atoms with Gasteiger partial charge >= 0.3 is 6.09 Å². The number of nitriles is 1. The lowest BCUT2D eigenvalue weighted by atomic mass is 9.75. The van der Waals surface area contributed by atoms with Crippen LogP contribution in [0.15, 0.2) is 48.5 Å². The van der Waals surface area contributed by atoms with E-state index in [1.807, 2.05) is 30.3 Å². The second kappa shape index (κ2) is 8.34. The highest BCUT2D eigenvalue weighted by molar-refractivity contribution is 5.69. The van der Waals surface area contributed by atoms with Gasteiger partial charge in [0.15, 0.2) is 0 Å². The van der Waals surface area contributed by atoms with Crippen molar-refractivity contribution in [3.63, 3.8) is 0 Å². The molecule has 2 atom stereocenters. The Morgan fingerprint density at radius 3 is 2.53 bits per heavy atom. The minimum atomic E-state index is -1.26. The lowest BCUT2D eigenvalue weighted by Crippen LogP contribution is -2.62. The number of benzene rings is 2. The van der Waals surface area contributed by atoms with Crippen molar-refractivity contribution in [1.82, 2.24) is 4.90 Å². The molecule has 0 saturated carbocycles. The van der Waals surface area contributed by atoms with Crippen molar-refractivity contribution in [3.05, 3.63) is 65.2 Å². The predicted molar refractivity (Wildman–Crippen MR) is 108 cm³/mol. The third-order valence-corrected chi connectivity index (χ3v) is 5.83. The smallest absolute Gasteiger partial charge is 0.410 e. The van der Waals surface area contributed by atoms with Gasteiger partial charge in [0.1, 0.15) is 24.0 Å². The number of hydrogen-bond donors (Lipinski definition) is 1. The molecular weight excluding hydrogens is 384 g/mol. The van der Waals surface area contributed by atoms with E-state index < -0.39 is 11.7 Å². The number of amides is 1. The molecule has 2 fully saturated rings. The average Bonchev–Trinajstić information content (AvgIpc) is 2.77. The molecular formula is C23H24N2O5. The van der Waals surface area contributed by atoms with E-state index in [0.717, 1.165) is 5.56 Å². The normalized spacial score (nSPS) is 25.3. The van der Waals surface area contributed by atoms with Gasteiger partial charge in [-0.25, -0.2) is 4.79 Å². The van der Waals surface area contributed by atoms with E-state index in [1.165, 1.54) is 7.11 Å². The van der Waals surface area contributed by atoms with Gasteiger partial charge in [-0.1, -0.05) is 42.5 Å². The monoisotopic (exact) mass is 408 g/mol. The zero-order valence-electron chi connectivity index (χ0n) is 16.8. The van der Waals surface area contributed by atoms with E-state index >= 15 is 0 Å². The Hall–Kier alpha value is -3.08. The van der Waals surface area contributed by atoms with E-state index in [1.54, 1.807) is 23.1 Å². The van der Waals surface area contributed by atoms with Gasteiger partial charge < -0.3 is 19.3 Å². The Bertz CT molecular complexity index is 942. The lowest BCUT2D eigenvalue weighted by molar-refractivity contribution is -0.137. The summed E-state index contributed by atoms with van der Waals surface area (Å²) in [6, 6.07) is 16.2. The number of rotatable bonds is 4. The summed E-state index contributed by atoms with van der Waals surface area (Å²) in [5, 5.41) is 21.2. The largest absolute Gasteiger partial charge is 0.495 e. The van der Waals surface area contributed by atoms with Crippen LogP contribution in [0.4, 0.5) is 4.79 Å². The second-order valence-corrected chi connectivity index (χ2v) is 7.73. The fourth-order valence-corrected chi connectivity index (χ4v) is 4.49. The minimum absolute atomic E-state index is 0.190. The maximum atomic E-state index is 12.9. The molecule has 2 aliphatic rings. The molecule has 0 spiro atoms. The van der Waals surface area contributed by atoms with Crippen molar-refractivity contribution in [2.45, 2.75) is 37.1 Å². The zero-order valence-corrected chi connectivity index (χ0v) is 16.8. The molecule has 2 bridgehead atoms. The molecule has 0 radical (unpaired) electrons. The van der Waals surface area contributed by atoms with Crippen molar-refractivity contribution in [2.75, 3.05) is 20.3 Å². The Morgan fingerprint density at radius 2 is 1.90 bits per heavy atom. The van der Waals surface area contributed by atoms with Crippen LogP contribution >= 0.6 is 0 Å². The number of piperidine rings is 1. The third-order valence-electron chi connectivity index (χ3n) is 5.83. The standard InChI is InChI=1S/C23H24N2O5/c1-28-21-9-5-8-20(19(21)12-24)23(27)10-17-14-29-15-18(11-23)25(17)22(26)30-13-16-6-3-2-4-7-16/h2-9,17-18,27H,10-11,13-15H2,1H3. The van der Waals surface area contributed by atoms with Crippen molar-refractivity contribution >= 4 is 6.09 Å². The van der Waals surface area contributed by atoms with Crippen LogP contribution in [-0.4, -0.2) is 48.5 Å². The number of carbonyl (C=O) groups excluding carboxylic acids is 1. The van der Waals surface area contributed by atoms with Crippen molar-refractivity contribution in [3.8, 4) is 11.8 Å². The van der Waals surface area contributed by atoms with E-state index in [0.29, 0.717) is 30.1 Å². The number of methoxy groups -OCH3 is 1. The molecule has 0 aliphatic carbocycles. The first-order valence-electron chi connectivity index (χ1n) is 9.92. The van der Waals surface area contributed by atoms with Crippen LogP contribution in [0.25, 0.3) is 0 Å². The molecule has 4 rings (SSSR count). The highest BCUT2D eigenvalue weighted by Gasteiger charge is 2.50. The van der Waals surface area contributed by atoms with Crippen molar-refractivity contribution < 1.29 is 24.1 Å². The fourth-order valence-electron chi connectivity index (χ4n) is 4.49. The Morgan fingerprint density at radius 1 is 1.20 bits per heavy atom. The van der Waals surface area contributed by atoms with E-state index in [9.17, 15) is 15.2 Å². The summed E-state index contributed by atoms with van der Waals surface area (Å²) in [4.78, 5) is 14.5. The molecule has 2 heterocycles. The molecule has 2 aromatic rings. The van der Waals surface area contributed by atoms with Crippen LogP contribution in [-0.2, 0) is 21.7 Å². The summed E-state index contributed by atoms with van der Waals surface area (Å²) >= 11 is 0. The number of hydrogen-bond acceptors (Lipinski definition) is 6. The molecule has 2 saturated heterocycles. The zero-order chi connectivity index (χ0) is 21.1. The number of ether oxygens (including phenoxy) is 3. The van der Waals surface area contributed by atoms with E-state index in [-0.39, 0.29) is 31.5 Å². The highest BCUT2D eigenvalue weighted by Crippen LogP contribution is 2.43. The third kappa shape index (κ3) is 3.72. The Labute approximate surface area is 175 Å². The summed E-state index contributed by atoms with van der Waals surface area (Å²) in [6.45, 7) is 0.811. The van der Waals surface area contributed by atoms with Gasteiger partial charge in [0.25, 0.3) is 0 Å². The molecule has 156 valence electrons. The SMILES string of the molecule is COc1cccc(C2(O)CC3COCC(C2)N3C(=O)OCc2ccccc2)c1C#N.